The van der Waals surface area contributed by atoms with Crippen LogP contribution in [0.5, 0.6) is 0 Å². The van der Waals surface area contributed by atoms with E-state index in [9.17, 15) is 22.8 Å². The fourth-order valence-corrected chi connectivity index (χ4v) is 2.00. The number of hydrogen-bond donors (Lipinski definition) is 1. The number of carbonyl (C=O) groups is 1. The van der Waals surface area contributed by atoms with E-state index in [0.717, 1.165) is 18.2 Å². The van der Waals surface area contributed by atoms with Gasteiger partial charge in [0.1, 0.15) is 6.54 Å². The summed E-state index contributed by atoms with van der Waals surface area (Å²) in [6.07, 6.45) is -3.23. The Bertz CT molecular complexity index is 747. The topological polar surface area (TPSA) is 59.3 Å². The second-order valence-corrected chi connectivity index (χ2v) is 4.39. The highest BCUT2D eigenvalue weighted by Crippen LogP contribution is 2.30. The maximum atomic E-state index is 12.7. The molecule has 4 nitrogen and oxygen atoms in total. The molecule has 0 fully saturated rings. The molecular weight excluding hydrogens is 275 g/mol. The van der Waals surface area contributed by atoms with E-state index >= 15 is 0 Å². The number of aliphatic carboxylic acids is 1. The quantitative estimate of drug-likeness (QED) is 0.921. The summed E-state index contributed by atoms with van der Waals surface area (Å²) in [4.78, 5) is 22.7. The van der Waals surface area contributed by atoms with Crippen LogP contribution in [0.25, 0.3) is 10.9 Å². The average molecular weight is 285 g/mol. The van der Waals surface area contributed by atoms with E-state index in [0.29, 0.717) is 0 Å². The van der Waals surface area contributed by atoms with Gasteiger partial charge in [0.25, 0.3) is 0 Å². The van der Waals surface area contributed by atoms with Gasteiger partial charge in [-0.3, -0.25) is 9.59 Å². The monoisotopic (exact) mass is 285 g/mol. The van der Waals surface area contributed by atoms with Crippen molar-refractivity contribution in [1.82, 2.24) is 4.57 Å². The third-order valence-corrected chi connectivity index (χ3v) is 2.89. The number of aromatic nitrogens is 1. The van der Waals surface area contributed by atoms with E-state index in [1.807, 2.05) is 0 Å². The summed E-state index contributed by atoms with van der Waals surface area (Å²) in [5.74, 6) is -1.14. The Morgan fingerprint density at radius 2 is 2.00 bits per heavy atom. The van der Waals surface area contributed by atoms with E-state index in [-0.39, 0.29) is 16.5 Å². The lowest BCUT2D eigenvalue weighted by atomic mass is 10.1. The Morgan fingerprint density at radius 3 is 2.55 bits per heavy atom. The zero-order chi connectivity index (χ0) is 15.1. The SMILES string of the molecule is Cc1cn(CC(=O)O)c2ccc(C(F)(F)F)cc2c1=O. The van der Waals surface area contributed by atoms with E-state index in [1.54, 1.807) is 0 Å². The second-order valence-electron chi connectivity index (χ2n) is 4.39. The molecule has 1 heterocycles. The van der Waals surface area contributed by atoms with Crippen molar-refractivity contribution in [1.29, 1.82) is 0 Å². The predicted octanol–water partition coefficient (Wildman–Crippen LogP) is 2.41. The first-order valence-corrected chi connectivity index (χ1v) is 5.63. The van der Waals surface area contributed by atoms with Crippen LogP contribution >= 0.6 is 0 Å². The number of carboxylic acid groups (broad SMARTS) is 1. The summed E-state index contributed by atoms with van der Waals surface area (Å²) in [6.45, 7) is 1.00. The van der Waals surface area contributed by atoms with Gasteiger partial charge >= 0.3 is 12.1 Å². The fraction of sp³-hybridized carbons (Fsp3) is 0.231. The van der Waals surface area contributed by atoms with Crippen LogP contribution in [0.3, 0.4) is 0 Å². The molecule has 0 aliphatic rings. The number of aryl methyl sites for hydroxylation is 1. The number of halogens is 3. The number of fused-ring (bicyclic) bond motifs is 1. The van der Waals surface area contributed by atoms with Crippen LogP contribution < -0.4 is 5.43 Å². The number of alkyl halides is 3. The van der Waals surface area contributed by atoms with E-state index in [2.05, 4.69) is 0 Å². The molecule has 0 atom stereocenters. The molecule has 0 aliphatic carbocycles. The third-order valence-electron chi connectivity index (χ3n) is 2.89. The minimum absolute atomic E-state index is 0.138. The smallest absolute Gasteiger partial charge is 0.416 e. The van der Waals surface area contributed by atoms with Crippen molar-refractivity contribution in [3.05, 3.63) is 45.7 Å². The van der Waals surface area contributed by atoms with Crippen molar-refractivity contribution in [3.8, 4) is 0 Å². The van der Waals surface area contributed by atoms with E-state index in [1.165, 1.54) is 17.7 Å². The third kappa shape index (κ3) is 2.52. The Balaban J connectivity index is 2.78. The van der Waals surface area contributed by atoms with Crippen LogP contribution in [-0.2, 0) is 17.5 Å². The van der Waals surface area contributed by atoms with Gasteiger partial charge in [0.05, 0.1) is 11.1 Å². The molecule has 1 aromatic carbocycles. The normalized spacial score (nSPS) is 11.8. The van der Waals surface area contributed by atoms with Crippen LogP contribution in [0.1, 0.15) is 11.1 Å². The molecule has 0 spiro atoms. The molecule has 2 aromatic rings. The number of hydrogen-bond acceptors (Lipinski definition) is 2. The highest BCUT2D eigenvalue weighted by molar-refractivity contribution is 5.82. The maximum Gasteiger partial charge on any atom is 0.416 e. The van der Waals surface area contributed by atoms with Crippen LogP contribution in [0.4, 0.5) is 13.2 Å². The fourth-order valence-electron chi connectivity index (χ4n) is 2.00. The highest BCUT2D eigenvalue weighted by atomic mass is 19.4. The van der Waals surface area contributed by atoms with Crippen molar-refractivity contribution in [2.45, 2.75) is 19.6 Å². The van der Waals surface area contributed by atoms with Crippen molar-refractivity contribution in [3.63, 3.8) is 0 Å². The summed E-state index contributed by atoms with van der Waals surface area (Å²) in [7, 11) is 0. The summed E-state index contributed by atoms with van der Waals surface area (Å²) < 4.78 is 39.2. The molecule has 0 radical (unpaired) electrons. The zero-order valence-corrected chi connectivity index (χ0v) is 10.4. The van der Waals surface area contributed by atoms with E-state index in [4.69, 9.17) is 5.11 Å². The van der Waals surface area contributed by atoms with Gasteiger partial charge < -0.3 is 9.67 Å². The standard InChI is InChI=1S/C13H10F3NO3/c1-7-5-17(6-11(18)19)10-3-2-8(13(14,15)16)4-9(10)12(7)20/h2-5H,6H2,1H3,(H,18,19). The Morgan fingerprint density at radius 1 is 1.35 bits per heavy atom. The molecule has 0 saturated heterocycles. The Kier molecular flexibility index (Phi) is 3.29. The molecule has 1 aromatic heterocycles. The molecule has 20 heavy (non-hydrogen) atoms. The van der Waals surface area contributed by atoms with Crippen molar-refractivity contribution < 1.29 is 23.1 Å². The van der Waals surface area contributed by atoms with Gasteiger partial charge in [-0.05, 0) is 25.1 Å². The zero-order valence-electron chi connectivity index (χ0n) is 10.4. The van der Waals surface area contributed by atoms with Crippen molar-refractivity contribution >= 4 is 16.9 Å². The molecular formula is C13H10F3NO3. The van der Waals surface area contributed by atoms with Gasteiger partial charge in [-0.2, -0.15) is 13.2 Å². The molecule has 106 valence electrons. The van der Waals surface area contributed by atoms with E-state index < -0.39 is 29.7 Å². The first-order chi connectivity index (χ1) is 9.20. The highest BCUT2D eigenvalue weighted by Gasteiger charge is 2.30. The number of nitrogens with zero attached hydrogens (tertiary/aromatic N) is 1. The number of carboxylic acids is 1. The van der Waals surface area contributed by atoms with Crippen molar-refractivity contribution in [2.24, 2.45) is 0 Å². The average Bonchev–Trinajstić information content (AvgIpc) is 2.33. The van der Waals surface area contributed by atoms with Crippen molar-refractivity contribution in [2.75, 3.05) is 0 Å². The maximum absolute atomic E-state index is 12.7. The second kappa shape index (κ2) is 4.66. The minimum atomic E-state index is -4.55. The molecule has 0 unspecified atom stereocenters. The molecule has 0 aliphatic heterocycles. The molecule has 2 rings (SSSR count). The lowest BCUT2D eigenvalue weighted by molar-refractivity contribution is -0.138. The lowest BCUT2D eigenvalue weighted by Gasteiger charge is -2.12. The lowest BCUT2D eigenvalue weighted by Crippen LogP contribution is -2.17. The van der Waals surface area contributed by atoms with Crippen LogP contribution in [0, 0.1) is 6.92 Å². The van der Waals surface area contributed by atoms with Gasteiger partial charge in [-0.15, -0.1) is 0 Å². The minimum Gasteiger partial charge on any atom is -0.480 e. The Labute approximate surface area is 111 Å². The molecule has 0 saturated carbocycles. The molecule has 0 bridgehead atoms. The summed E-state index contributed by atoms with van der Waals surface area (Å²) in [5.41, 5.74) is -1.11. The number of benzene rings is 1. The molecule has 0 amide bonds. The summed E-state index contributed by atoms with van der Waals surface area (Å²) >= 11 is 0. The summed E-state index contributed by atoms with van der Waals surface area (Å²) in [5, 5.41) is 8.65. The van der Waals surface area contributed by atoms with Gasteiger partial charge in [0.2, 0.25) is 0 Å². The van der Waals surface area contributed by atoms with Crippen LogP contribution in [0.2, 0.25) is 0 Å². The van der Waals surface area contributed by atoms with Crippen LogP contribution in [-0.4, -0.2) is 15.6 Å². The first kappa shape index (κ1) is 14.1. The predicted molar refractivity (Wildman–Crippen MR) is 65.6 cm³/mol. The number of pyridine rings is 1. The van der Waals surface area contributed by atoms with Gasteiger partial charge in [-0.1, -0.05) is 0 Å². The first-order valence-electron chi connectivity index (χ1n) is 5.63. The number of rotatable bonds is 2. The Hall–Kier alpha value is -2.31. The van der Waals surface area contributed by atoms with Gasteiger partial charge in [-0.25, -0.2) is 0 Å². The summed E-state index contributed by atoms with van der Waals surface area (Å²) in [6, 6.07) is 2.69. The molecule has 7 heteroatoms. The van der Waals surface area contributed by atoms with Crippen LogP contribution in [0.15, 0.2) is 29.2 Å². The van der Waals surface area contributed by atoms with Gasteiger partial charge in [0, 0.05) is 17.1 Å². The van der Waals surface area contributed by atoms with Gasteiger partial charge in [0.15, 0.2) is 5.43 Å². The largest absolute Gasteiger partial charge is 0.480 e. The molecule has 1 N–H and O–H groups in total.